The lowest BCUT2D eigenvalue weighted by Gasteiger charge is -1.95. The van der Waals surface area contributed by atoms with Crippen molar-refractivity contribution in [2.75, 3.05) is 0 Å². The Morgan fingerprint density at radius 3 is 2.58 bits per heavy atom. The Kier molecular flexibility index (Phi) is 2.95. The van der Waals surface area contributed by atoms with Crippen LogP contribution in [0.1, 0.15) is 15.2 Å². The normalized spacial score (nSPS) is 10.8. The zero-order valence-corrected chi connectivity index (χ0v) is 8.51. The number of alkyl halides is 2. The molecule has 5 heteroatoms. The van der Waals surface area contributed by atoms with Gasteiger partial charge in [-0.1, -0.05) is 0 Å². The van der Waals surface area contributed by atoms with Gasteiger partial charge in [-0.05, 0) is 28.9 Å². The molecule has 66 valence electrons. The molecular formula is C7H5BrF2OS. The van der Waals surface area contributed by atoms with E-state index in [0.29, 0.717) is 8.66 Å². The number of carbonyl (C=O) groups is 1. The third-order valence-corrected chi connectivity index (χ3v) is 2.90. The van der Waals surface area contributed by atoms with Crippen LogP contribution in [0.4, 0.5) is 8.78 Å². The number of carbonyl (C=O) groups excluding carboxylic acids is 1. The third kappa shape index (κ3) is 1.90. The van der Waals surface area contributed by atoms with Crippen molar-refractivity contribution < 1.29 is 13.6 Å². The first-order chi connectivity index (χ1) is 5.52. The van der Waals surface area contributed by atoms with E-state index in [0.717, 1.165) is 0 Å². The van der Waals surface area contributed by atoms with E-state index in [1.807, 2.05) is 0 Å². The van der Waals surface area contributed by atoms with Crippen LogP contribution < -0.4 is 0 Å². The number of rotatable bonds is 2. The van der Waals surface area contributed by atoms with Gasteiger partial charge in [0.1, 0.15) is 0 Å². The third-order valence-electron chi connectivity index (χ3n) is 1.35. The van der Waals surface area contributed by atoms with Crippen LogP contribution >= 0.6 is 27.3 Å². The zero-order chi connectivity index (χ0) is 9.30. The Labute approximate surface area is 80.5 Å². The molecule has 0 unspecified atom stereocenters. The van der Waals surface area contributed by atoms with Crippen LogP contribution in [-0.4, -0.2) is 12.2 Å². The molecule has 0 radical (unpaired) electrons. The molecule has 12 heavy (non-hydrogen) atoms. The molecule has 0 N–H and O–H groups in total. The highest BCUT2D eigenvalue weighted by Crippen LogP contribution is 2.27. The van der Waals surface area contributed by atoms with Crippen LogP contribution in [0, 0.1) is 6.92 Å². The monoisotopic (exact) mass is 254 g/mol. The summed E-state index contributed by atoms with van der Waals surface area (Å²) < 4.78 is 24.6. The lowest BCUT2D eigenvalue weighted by molar-refractivity contribution is 0.0678. The van der Waals surface area contributed by atoms with Crippen molar-refractivity contribution in [2.24, 2.45) is 0 Å². The Hall–Kier alpha value is -0.290. The van der Waals surface area contributed by atoms with Gasteiger partial charge in [-0.15, -0.1) is 11.3 Å². The second kappa shape index (κ2) is 3.62. The quantitative estimate of drug-likeness (QED) is 0.741. The Balaban J connectivity index is 3.02. The average Bonchev–Trinajstić information content (AvgIpc) is 2.28. The van der Waals surface area contributed by atoms with Crippen molar-refractivity contribution in [2.45, 2.75) is 13.3 Å². The van der Waals surface area contributed by atoms with Gasteiger partial charge in [0.2, 0.25) is 5.78 Å². The van der Waals surface area contributed by atoms with E-state index >= 15 is 0 Å². The van der Waals surface area contributed by atoms with Crippen molar-refractivity contribution in [3.05, 3.63) is 20.3 Å². The SMILES string of the molecule is Cc1sc(Br)cc1C(=O)C(F)F. The molecule has 0 bridgehead atoms. The fraction of sp³-hybridized carbons (Fsp3) is 0.286. The first-order valence-corrected chi connectivity index (χ1v) is 4.71. The predicted octanol–water partition coefficient (Wildman–Crippen LogP) is 3.27. The van der Waals surface area contributed by atoms with Gasteiger partial charge in [0.05, 0.1) is 3.79 Å². The molecule has 0 aliphatic rings. The van der Waals surface area contributed by atoms with E-state index in [9.17, 15) is 13.6 Å². The zero-order valence-electron chi connectivity index (χ0n) is 6.11. The standard InChI is InChI=1S/C7H5BrF2OS/c1-3-4(2-5(8)12-3)6(11)7(9)10/h2,7H,1H3. The molecule has 0 aliphatic heterocycles. The fourth-order valence-electron chi connectivity index (χ4n) is 0.808. The summed E-state index contributed by atoms with van der Waals surface area (Å²) in [5, 5.41) is 0. The fourth-order valence-corrected chi connectivity index (χ4v) is 2.50. The summed E-state index contributed by atoms with van der Waals surface area (Å²) in [4.78, 5) is 11.4. The van der Waals surface area contributed by atoms with Gasteiger partial charge in [-0.25, -0.2) is 8.78 Å². The second-order valence-corrected chi connectivity index (χ2v) is 4.82. The molecule has 0 aromatic carbocycles. The maximum Gasteiger partial charge on any atom is 0.300 e. The molecule has 1 rings (SSSR count). The first-order valence-electron chi connectivity index (χ1n) is 3.10. The number of hydrogen-bond donors (Lipinski definition) is 0. The summed E-state index contributed by atoms with van der Waals surface area (Å²) >= 11 is 4.40. The summed E-state index contributed by atoms with van der Waals surface area (Å²) in [5.74, 6) is -1.10. The number of thiophene rings is 1. The summed E-state index contributed by atoms with van der Waals surface area (Å²) in [6.07, 6.45) is -2.91. The molecule has 0 amide bonds. The van der Waals surface area contributed by atoms with Gasteiger partial charge in [0.25, 0.3) is 0 Å². The smallest absolute Gasteiger partial charge is 0.288 e. The molecule has 1 aromatic rings. The van der Waals surface area contributed by atoms with Crippen molar-refractivity contribution in [1.29, 1.82) is 0 Å². The minimum absolute atomic E-state index is 0.113. The highest BCUT2D eigenvalue weighted by atomic mass is 79.9. The second-order valence-electron chi connectivity index (χ2n) is 2.19. The molecule has 0 saturated carbocycles. The van der Waals surface area contributed by atoms with Gasteiger partial charge in [-0.2, -0.15) is 0 Å². The average molecular weight is 255 g/mol. The van der Waals surface area contributed by atoms with Crippen molar-refractivity contribution in [3.8, 4) is 0 Å². The Bertz CT molecular complexity index is 308. The lowest BCUT2D eigenvalue weighted by Crippen LogP contribution is -2.09. The largest absolute Gasteiger partial charge is 0.300 e. The molecule has 0 aliphatic carbocycles. The maximum absolute atomic E-state index is 11.9. The molecule has 1 aromatic heterocycles. The van der Waals surface area contributed by atoms with Crippen LogP contribution in [0.25, 0.3) is 0 Å². The van der Waals surface area contributed by atoms with E-state index in [1.165, 1.54) is 17.4 Å². The maximum atomic E-state index is 11.9. The Morgan fingerprint density at radius 2 is 2.25 bits per heavy atom. The summed E-state index contributed by atoms with van der Waals surface area (Å²) in [7, 11) is 0. The molecule has 0 saturated heterocycles. The number of aryl methyl sites for hydroxylation is 1. The van der Waals surface area contributed by atoms with Gasteiger partial charge in [0.15, 0.2) is 0 Å². The summed E-state index contributed by atoms with van der Waals surface area (Å²) in [6, 6.07) is 1.43. The van der Waals surface area contributed by atoms with Crippen LogP contribution in [0.5, 0.6) is 0 Å². The van der Waals surface area contributed by atoms with E-state index in [2.05, 4.69) is 15.9 Å². The van der Waals surface area contributed by atoms with E-state index in [4.69, 9.17) is 0 Å². The Morgan fingerprint density at radius 1 is 1.67 bits per heavy atom. The molecule has 1 nitrogen and oxygen atoms in total. The number of ketones is 1. The van der Waals surface area contributed by atoms with E-state index in [1.54, 1.807) is 6.92 Å². The molecular weight excluding hydrogens is 250 g/mol. The van der Waals surface area contributed by atoms with Crippen LogP contribution in [0.3, 0.4) is 0 Å². The lowest BCUT2D eigenvalue weighted by atomic mass is 10.2. The van der Waals surface area contributed by atoms with Gasteiger partial charge < -0.3 is 0 Å². The number of halogens is 3. The highest BCUT2D eigenvalue weighted by molar-refractivity contribution is 9.11. The summed E-state index contributed by atoms with van der Waals surface area (Å²) in [5.41, 5.74) is 0.113. The molecule has 0 spiro atoms. The van der Waals surface area contributed by atoms with Crippen LogP contribution in [-0.2, 0) is 0 Å². The minimum Gasteiger partial charge on any atom is -0.288 e. The van der Waals surface area contributed by atoms with Gasteiger partial charge in [-0.3, -0.25) is 4.79 Å². The first kappa shape index (κ1) is 9.80. The predicted molar refractivity (Wildman–Crippen MR) is 47.1 cm³/mol. The molecule has 0 atom stereocenters. The summed E-state index contributed by atoms with van der Waals surface area (Å²) in [6.45, 7) is 1.64. The van der Waals surface area contributed by atoms with Crippen LogP contribution in [0.15, 0.2) is 9.85 Å². The van der Waals surface area contributed by atoms with Crippen molar-refractivity contribution in [3.63, 3.8) is 0 Å². The number of Topliss-reactive ketones (excluding diaryl/α,β-unsaturated/α-hetero) is 1. The van der Waals surface area contributed by atoms with Gasteiger partial charge >= 0.3 is 6.43 Å². The van der Waals surface area contributed by atoms with Gasteiger partial charge in [0, 0.05) is 10.4 Å². The highest BCUT2D eigenvalue weighted by Gasteiger charge is 2.21. The minimum atomic E-state index is -2.91. The van der Waals surface area contributed by atoms with Crippen LogP contribution in [0.2, 0.25) is 0 Å². The van der Waals surface area contributed by atoms with Crippen molar-refractivity contribution >= 4 is 33.0 Å². The number of hydrogen-bond acceptors (Lipinski definition) is 2. The van der Waals surface area contributed by atoms with E-state index in [-0.39, 0.29) is 5.56 Å². The molecule has 1 heterocycles. The van der Waals surface area contributed by atoms with Crippen molar-refractivity contribution in [1.82, 2.24) is 0 Å². The van der Waals surface area contributed by atoms with E-state index < -0.39 is 12.2 Å². The molecule has 0 fully saturated rings. The topological polar surface area (TPSA) is 17.1 Å².